The predicted molar refractivity (Wildman–Crippen MR) is 72.2 cm³/mol. The first kappa shape index (κ1) is 13.6. The van der Waals surface area contributed by atoms with Gasteiger partial charge in [0, 0.05) is 26.2 Å². The minimum absolute atomic E-state index is 0.968. The third-order valence-electron chi connectivity index (χ3n) is 2.77. The van der Waals surface area contributed by atoms with Crippen molar-refractivity contribution in [3.05, 3.63) is 0 Å². The Kier molecular flexibility index (Phi) is 5.32. The van der Waals surface area contributed by atoms with E-state index in [1.165, 1.54) is 0 Å². The van der Waals surface area contributed by atoms with Crippen LogP contribution in [0.4, 0.5) is 0 Å². The van der Waals surface area contributed by atoms with Crippen LogP contribution in [0, 0.1) is 0 Å². The van der Waals surface area contributed by atoms with Gasteiger partial charge < -0.3 is 0 Å². The molecule has 1 aliphatic rings. The average Bonchev–Trinajstić information content (AvgIpc) is 2.33. The molecule has 0 aromatic rings. The van der Waals surface area contributed by atoms with Crippen molar-refractivity contribution in [2.45, 2.75) is 27.7 Å². The van der Waals surface area contributed by atoms with E-state index in [0.29, 0.717) is 0 Å². The molecule has 0 saturated carbocycles. The van der Waals surface area contributed by atoms with Crippen molar-refractivity contribution in [3.63, 3.8) is 0 Å². The normalized spacial score (nSPS) is 18.1. The monoisotopic (exact) mass is 243 g/mol. The second-order valence-electron chi connectivity index (χ2n) is 3.43. The van der Waals surface area contributed by atoms with E-state index >= 15 is 0 Å². The molecule has 6 heteroatoms. The molecule has 0 saturated heterocycles. The molecule has 0 aliphatic carbocycles. The van der Waals surface area contributed by atoms with E-state index in [2.05, 4.69) is 51.5 Å². The molecule has 5 nitrogen and oxygen atoms in total. The summed E-state index contributed by atoms with van der Waals surface area (Å²) < 4.78 is 13.9. The fourth-order valence-electron chi connectivity index (χ4n) is 1.93. The third kappa shape index (κ3) is 2.42. The summed E-state index contributed by atoms with van der Waals surface area (Å²) in [4.78, 5) is 3.97. The summed E-state index contributed by atoms with van der Waals surface area (Å²) >= 11 is 0. The van der Waals surface area contributed by atoms with Crippen LogP contribution in [0.15, 0.2) is 14.5 Å². The first-order valence-electron chi connectivity index (χ1n) is 5.93. The summed E-state index contributed by atoms with van der Waals surface area (Å²) in [5.74, 6) is 0. The van der Waals surface area contributed by atoms with Crippen LogP contribution >= 0.6 is 7.51 Å². The van der Waals surface area contributed by atoms with E-state index in [1.807, 2.05) is 0 Å². The van der Waals surface area contributed by atoms with Crippen LogP contribution in [0.25, 0.3) is 0 Å². The second-order valence-corrected chi connectivity index (χ2v) is 6.09. The highest BCUT2D eigenvalue weighted by atomic mass is 31.2. The lowest BCUT2D eigenvalue weighted by atomic mass is 10.7. The molecule has 0 amide bonds. The number of rotatable bonds is 6. The summed E-state index contributed by atoms with van der Waals surface area (Å²) in [5.41, 5.74) is 0. The average molecular weight is 243 g/mol. The van der Waals surface area contributed by atoms with Gasteiger partial charge in [-0.3, -0.25) is 0 Å². The minimum Gasteiger partial charge on any atom is -0.240 e. The molecule has 0 unspecified atom stereocenters. The van der Waals surface area contributed by atoms with E-state index < -0.39 is 7.51 Å². The van der Waals surface area contributed by atoms with Crippen LogP contribution in [0.5, 0.6) is 0 Å². The molecule has 92 valence electrons. The zero-order chi connectivity index (χ0) is 12.0. The maximum Gasteiger partial charge on any atom is 0.218 e. The summed E-state index contributed by atoms with van der Waals surface area (Å²) in [6.07, 6.45) is 3.30. The highest BCUT2D eigenvalue weighted by molar-refractivity contribution is 7.60. The van der Waals surface area contributed by atoms with E-state index in [0.717, 1.165) is 26.2 Å². The number of hydrogen-bond donors (Lipinski definition) is 0. The summed E-state index contributed by atoms with van der Waals surface area (Å²) in [5, 5.41) is 0. The lowest BCUT2D eigenvalue weighted by Gasteiger charge is -2.38. The van der Waals surface area contributed by atoms with Crippen molar-refractivity contribution in [3.8, 4) is 0 Å². The molecule has 0 aromatic carbocycles. The molecule has 1 rings (SSSR count). The zero-order valence-corrected chi connectivity index (χ0v) is 11.6. The van der Waals surface area contributed by atoms with E-state index in [-0.39, 0.29) is 0 Å². The summed E-state index contributed by atoms with van der Waals surface area (Å²) in [7, 11) is -1.90. The molecule has 0 N–H and O–H groups in total. The lowest BCUT2D eigenvalue weighted by molar-refractivity contribution is 0.414. The fourth-order valence-corrected chi connectivity index (χ4v) is 4.85. The molecule has 1 aliphatic heterocycles. The first-order valence-corrected chi connectivity index (χ1v) is 7.53. The molecule has 0 aromatic heterocycles. The fraction of sp³-hybridized carbons (Fsp3) is 0.800. The van der Waals surface area contributed by atoms with Crippen molar-refractivity contribution in [2.24, 2.45) is 14.5 Å². The number of nitrogens with zero attached hydrogens (tertiary/aromatic N) is 5. The predicted octanol–water partition coefficient (Wildman–Crippen LogP) is 2.69. The van der Waals surface area contributed by atoms with Gasteiger partial charge in [0.2, 0.25) is 7.51 Å². The zero-order valence-electron chi connectivity index (χ0n) is 10.7. The van der Waals surface area contributed by atoms with Gasteiger partial charge in [-0.1, -0.05) is 27.7 Å². The van der Waals surface area contributed by atoms with Crippen molar-refractivity contribution in [2.75, 3.05) is 26.2 Å². The van der Waals surface area contributed by atoms with Crippen LogP contribution in [-0.2, 0) is 0 Å². The molecular weight excluding hydrogens is 221 g/mol. The van der Waals surface area contributed by atoms with Crippen LogP contribution in [0.1, 0.15) is 27.7 Å². The van der Waals surface area contributed by atoms with Crippen LogP contribution in [0.2, 0.25) is 0 Å². The Bertz CT molecular complexity index is 299. The van der Waals surface area contributed by atoms with Crippen LogP contribution < -0.4 is 0 Å². The number of aliphatic imine (C=N–C) groups is 1. The highest BCUT2D eigenvalue weighted by Gasteiger charge is 2.31. The largest absolute Gasteiger partial charge is 0.240 e. The van der Waals surface area contributed by atoms with Crippen LogP contribution in [0.3, 0.4) is 0 Å². The van der Waals surface area contributed by atoms with Gasteiger partial charge in [-0.2, -0.15) is 0 Å². The van der Waals surface area contributed by atoms with Crippen LogP contribution in [-0.4, -0.2) is 48.2 Å². The van der Waals surface area contributed by atoms with Crippen molar-refractivity contribution >= 4 is 20.2 Å². The molecule has 0 spiro atoms. The van der Waals surface area contributed by atoms with E-state index in [4.69, 9.17) is 0 Å². The lowest BCUT2D eigenvalue weighted by Crippen LogP contribution is -2.31. The Morgan fingerprint density at radius 1 is 0.875 bits per heavy atom. The Balaban J connectivity index is 3.17. The van der Waals surface area contributed by atoms with Gasteiger partial charge in [0.25, 0.3) is 0 Å². The molecular formula is C10H22N5P. The van der Waals surface area contributed by atoms with Gasteiger partial charge >= 0.3 is 0 Å². The van der Waals surface area contributed by atoms with Gasteiger partial charge in [0.15, 0.2) is 0 Å². The van der Waals surface area contributed by atoms with Gasteiger partial charge in [-0.25, -0.2) is 23.8 Å². The number of hydrogen-bond acceptors (Lipinski definition) is 5. The third-order valence-corrected chi connectivity index (χ3v) is 6.24. The second kappa shape index (κ2) is 6.28. The van der Waals surface area contributed by atoms with E-state index in [9.17, 15) is 0 Å². The van der Waals surface area contributed by atoms with E-state index in [1.54, 1.807) is 12.7 Å². The molecule has 16 heavy (non-hydrogen) atoms. The van der Waals surface area contributed by atoms with Crippen molar-refractivity contribution < 1.29 is 0 Å². The molecule has 0 bridgehead atoms. The first-order chi connectivity index (χ1) is 7.75. The standard InChI is InChI=1S/C10H22N5P/c1-5-14(6-2)16(15(7-3)8-4)12-9-11-10-13-16/h9-10H,5-8H2,1-4H3. The maximum atomic E-state index is 4.62. The molecule has 0 atom stereocenters. The topological polar surface area (TPSA) is 43.6 Å². The smallest absolute Gasteiger partial charge is 0.218 e. The Morgan fingerprint density at radius 3 is 1.69 bits per heavy atom. The Hall–Kier alpha value is -0.510. The molecule has 1 heterocycles. The highest BCUT2D eigenvalue weighted by Crippen LogP contribution is 2.57. The minimum atomic E-state index is -1.90. The van der Waals surface area contributed by atoms with Gasteiger partial charge in [0.05, 0.1) is 0 Å². The van der Waals surface area contributed by atoms with Crippen molar-refractivity contribution in [1.29, 1.82) is 0 Å². The van der Waals surface area contributed by atoms with Gasteiger partial charge in [0.1, 0.15) is 12.7 Å². The van der Waals surface area contributed by atoms with Crippen molar-refractivity contribution in [1.82, 2.24) is 9.34 Å². The van der Waals surface area contributed by atoms with Gasteiger partial charge in [-0.05, 0) is 0 Å². The SMILES string of the molecule is CCN(CC)P1(N(CC)CC)=NC=NC=N1. The Labute approximate surface area is 98.5 Å². The summed E-state index contributed by atoms with van der Waals surface area (Å²) in [6, 6.07) is 0. The molecule has 0 radical (unpaired) electrons. The Morgan fingerprint density at radius 2 is 1.38 bits per heavy atom. The maximum absolute atomic E-state index is 4.62. The molecule has 0 fully saturated rings. The quantitative estimate of drug-likeness (QED) is 0.673. The summed E-state index contributed by atoms with van der Waals surface area (Å²) in [6.45, 7) is 12.5. The van der Waals surface area contributed by atoms with Gasteiger partial charge in [-0.15, -0.1) is 0 Å².